The van der Waals surface area contributed by atoms with Gasteiger partial charge in [0.25, 0.3) is 5.56 Å². The summed E-state index contributed by atoms with van der Waals surface area (Å²) in [5.41, 5.74) is 0.790. The van der Waals surface area contributed by atoms with E-state index in [4.69, 9.17) is 0 Å². The van der Waals surface area contributed by atoms with E-state index in [1.54, 1.807) is 6.20 Å². The Hall–Kier alpha value is -0.840. The molecule has 0 bridgehead atoms. The molecular weight excluding hydrogens is 330 g/mol. The lowest BCUT2D eigenvalue weighted by Gasteiger charge is -2.30. The second-order valence-corrected chi connectivity index (χ2v) is 7.33. The van der Waals surface area contributed by atoms with Crippen LogP contribution >= 0.6 is 15.9 Å². The van der Waals surface area contributed by atoms with Crippen LogP contribution in [0.4, 0.5) is 5.69 Å². The second-order valence-electron chi connectivity index (χ2n) is 6.54. The molecule has 2 unspecified atom stereocenters. The standard InChI is InChI=1S/C16H26BrN3O/c1-4-12-6-5-7-13(8-12)19-14-9-18-20(10-11(2)3)16(21)15(14)17/h9,11-13,19H,4-8,10H2,1-3H3. The van der Waals surface area contributed by atoms with Crippen LogP contribution in [0.15, 0.2) is 15.5 Å². The number of nitrogens with zero attached hydrogens (tertiary/aromatic N) is 2. The summed E-state index contributed by atoms with van der Waals surface area (Å²) >= 11 is 3.44. The molecule has 0 aromatic carbocycles. The fraction of sp³-hybridized carbons (Fsp3) is 0.750. The molecule has 1 aromatic heterocycles. The van der Waals surface area contributed by atoms with Crippen LogP contribution in [0.2, 0.25) is 0 Å². The highest BCUT2D eigenvalue weighted by atomic mass is 79.9. The molecule has 0 radical (unpaired) electrons. The summed E-state index contributed by atoms with van der Waals surface area (Å²) in [5, 5.41) is 7.81. The van der Waals surface area contributed by atoms with Gasteiger partial charge in [-0.2, -0.15) is 5.10 Å². The number of rotatable bonds is 5. The molecule has 5 heteroatoms. The molecule has 0 amide bonds. The third-order valence-corrected chi connectivity index (χ3v) is 5.01. The van der Waals surface area contributed by atoms with E-state index in [1.165, 1.54) is 36.8 Å². The van der Waals surface area contributed by atoms with Gasteiger partial charge in [-0.15, -0.1) is 0 Å². The zero-order valence-corrected chi connectivity index (χ0v) is 14.8. The van der Waals surface area contributed by atoms with E-state index in [0.29, 0.717) is 23.0 Å². The quantitative estimate of drug-likeness (QED) is 0.866. The summed E-state index contributed by atoms with van der Waals surface area (Å²) < 4.78 is 2.15. The normalized spacial score (nSPS) is 22.5. The molecule has 0 aliphatic heterocycles. The minimum Gasteiger partial charge on any atom is -0.380 e. The van der Waals surface area contributed by atoms with Gasteiger partial charge in [0.1, 0.15) is 4.47 Å². The lowest BCUT2D eigenvalue weighted by molar-refractivity contribution is 0.327. The maximum atomic E-state index is 12.3. The molecule has 2 rings (SSSR count). The van der Waals surface area contributed by atoms with Crippen LogP contribution in [0.25, 0.3) is 0 Å². The Balaban J connectivity index is 2.10. The highest BCUT2D eigenvalue weighted by Crippen LogP contribution is 2.29. The molecule has 0 saturated heterocycles. The first-order valence-corrected chi connectivity index (χ1v) is 8.82. The Kier molecular flexibility index (Phi) is 5.85. The lowest BCUT2D eigenvalue weighted by Crippen LogP contribution is -2.30. The minimum absolute atomic E-state index is 0.0449. The molecule has 1 aromatic rings. The number of hydrogen-bond donors (Lipinski definition) is 1. The van der Waals surface area contributed by atoms with Crippen molar-refractivity contribution in [2.24, 2.45) is 11.8 Å². The fourth-order valence-electron chi connectivity index (χ4n) is 3.05. The number of anilines is 1. The van der Waals surface area contributed by atoms with Crippen LogP contribution in [0.5, 0.6) is 0 Å². The summed E-state index contributed by atoms with van der Waals surface area (Å²) in [6, 6.07) is 0.460. The maximum Gasteiger partial charge on any atom is 0.283 e. The van der Waals surface area contributed by atoms with Crippen LogP contribution in [-0.4, -0.2) is 15.8 Å². The van der Waals surface area contributed by atoms with Gasteiger partial charge >= 0.3 is 0 Å². The Morgan fingerprint density at radius 2 is 2.24 bits per heavy atom. The van der Waals surface area contributed by atoms with E-state index < -0.39 is 0 Å². The van der Waals surface area contributed by atoms with E-state index in [-0.39, 0.29) is 5.56 Å². The predicted molar refractivity (Wildman–Crippen MR) is 90.7 cm³/mol. The maximum absolute atomic E-state index is 12.3. The monoisotopic (exact) mass is 355 g/mol. The molecule has 1 saturated carbocycles. The summed E-state index contributed by atoms with van der Waals surface area (Å²) in [4.78, 5) is 12.3. The zero-order valence-electron chi connectivity index (χ0n) is 13.2. The van der Waals surface area contributed by atoms with Gasteiger partial charge in [0, 0.05) is 12.6 Å². The summed E-state index contributed by atoms with van der Waals surface area (Å²) in [6.45, 7) is 7.08. The summed E-state index contributed by atoms with van der Waals surface area (Å²) in [6.07, 6.45) is 8.00. The molecular formula is C16H26BrN3O. The van der Waals surface area contributed by atoms with Crippen molar-refractivity contribution >= 4 is 21.6 Å². The van der Waals surface area contributed by atoms with Crippen molar-refractivity contribution in [2.75, 3.05) is 5.32 Å². The molecule has 1 aliphatic carbocycles. The molecule has 2 atom stereocenters. The smallest absolute Gasteiger partial charge is 0.283 e. The molecule has 21 heavy (non-hydrogen) atoms. The number of aromatic nitrogens is 2. The van der Waals surface area contributed by atoms with Crippen molar-refractivity contribution in [2.45, 2.75) is 65.5 Å². The van der Waals surface area contributed by atoms with E-state index in [9.17, 15) is 4.79 Å². The van der Waals surface area contributed by atoms with Gasteiger partial charge in [-0.3, -0.25) is 4.79 Å². The van der Waals surface area contributed by atoms with Crippen LogP contribution in [-0.2, 0) is 6.54 Å². The van der Waals surface area contributed by atoms with Gasteiger partial charge < -0.3 is 5.32 Å². The van der Waals surface area contributed by atoms with E-state index in [0.717, 1.165) is 11.6 Å². The second kappa shape index (κ2) is 7.43. The van der Waals surface area contributed by atoms with Crippen molar-refractivity contribution in [1.29, 1.82) is 0 Å². The van der Waals surface area contributed by atoms with Crippen molar-refractivity contribution in [3.05, 3.63) is 21.0 Å². The largest absolute Gasteiger partial charge is 0.380 e. The lowest BCUT2D eigenvalue weighted by atomic mass is 9.84. The van der Waals surface area contributed by atoms with E-state index >= 15 is 0 Å². The summed E-state index contributed by atoms with van der Waals surface area (Å²) in [7, 11) is 0. The van der Waals surface area contributed by atoms with E-state index in [1.807, 2.05) is 0 Å². The van der Waals surface area contributed by atoms with Crippen LogP contribution in [0.3, 0.4) is 0 Å². The number of hydrogen-bond acceptors (Lipinski definition) is 3. The third-order valence-electron chi connectivity index (χ3n) is 4.24. The predicted octanol–water partition coefficient (Wildman–Crippen LogP) is 4.04. The molecule has 4 nitrogen and oxygen atoms in total. The van der Waals surface area contributed by atoms with Gasteiger partial charge in [-0.05, 0) is 40.6 Å². The Bertz CT molecular complexity index is 527. The van der Waals surface area contributed by atoms with Crippen molar-refractivity contribution in [3.8, 4) is 0 Å². The number of halogens is 1. The average molecular weight is 356 g/mol. The number of nitrogens with one attached hydrogen (secondary N) is 1. The Labute approximate surface area is 135 Å². The van der Waals surface area contributed by atoms with Crippen molar-refractivity contribution in [3.63, 3.8) is 0 Å². The average Bonchev–Trinajstić information content (AvgIpc) is 2.47. The Morgan fingerprint density at radius 3 is 2.90 bits per heavy atom. The first kappa shape index (κ1) is 16.5. The minimum atomic E-state index is -0.0449. The van der Waals surface area contributed by atoms with Crippen molar-refractivity contribution < 1.29 is 0 Å². The van der Waals surface area contributed by atoms with Crippen LogP contribution in [0.1, 0.15) is 52.9 Å². The van der Waals surface area contributed by atoms with Gasteiger partial charge in [0.05, 0.1) is 11.9 Å². The SMILES string of the molecule is CCC1CCCC(Nc2cnn(CC(C)C)c(=O)c2Br)C1. The molecule has 1 heterocycles. The first-order valence-electron chi connectivity index (χ1n) is 8.03. The van der Waals surface area contributed by atoms with Crippen molar-refractivity contribution in [1.82, 2.24) is 9.78 Å². The molecule has 1 fully saturated rings. The van der Waals surface area contributed by atoms with Gasteiger partial charge in [-0.1, -0.05) is 40.0 Å². The van der Waals surface area contributed by atoms with Gasteiger partial charge in [0.2, 0.25) is 0 Å². The fourth-order valence-corrected chi connectivity index (χ4v) is 3.48. The molecule has 0 spiro atoms. The molecule has 1 N–H and O–H groups in total. The highest BCUT2D eigenvalue weighted by molar-refractivity contribution is 9.10. The zero-order chi connectivity index (χ0) is 15.4. The van der Waals surface area contributed by atoms with Crippen LogP contribution in [0, 0.1) is 11.8 Å². The molecule has 118 valence electrons. The van der Waals surface area contributed by atoms with Gasteiger partial charge in [0.15, 0.2) is 0 Å². The summed E-state index contributed by atoms with van der Waals surface area (Å²) in [5.74, 6) is 1.22. The Morgan fingerprint density at radius 1 is 1.48 bits per heavy atom. The third kappa shape index (κ3) is 4.31. The van der Waals surface area contributed by atoms with Crippen LogP contribution < -0.4 is 10.9 Å². The topological polar surface area (TPSA) is 46.9 Å². The first-order chi connectivity index (χ1) is 10.0. The highest BCUT2D eigenvalue weighted by Gasteiger charge is 2.22. The van der Waals surface area contributed by atoms with Gasteiger partial charge in [-0.25, -0.2) is 4.68 Å². The van der Waals surface area contributed by atoms with E-state index in [2.05, 4.69) is 47.1 Å². The molecule has 1 aliphatic rings.